The van der Waals surface area contributed by atoms with Crippen molar-refractivity contribution in [3.8, 4) is 46.0 Å². The lowest BCUT2D eigenvalue weighted by Gasteiger charge is -2.26. The number of aryl methyl sites for hydroxylation is 1. The van der Waals surface area contributed by atoms with Crippen LogP contribution in [0.25, 0.3) is 0 Å². The van der Waals surface area contributed by atoms with Gasteiger partial charge in [-0.3, -0.25) is 9.59 Å². The average Bonchev–Trinajstić information content (AvgIpc) is 2.89. The van der Waals surface area contributed by atoms with Crippen LogP contribution in [-0.4, -0.2) is 42.2 Å². The molecule has 6 N–H and O–H groups in total. The second kappa shape index (κ2) is 10.6. The van der Waals surface area contributed by atoms with Crippen molar-refractivity contribution in [3.63, 3.8) is 0 Å². The van der Waals surface area contributed by atoms with Gasteiger partial charge in [-0.25, -0.2) is 0 Å². The van der Waals surface area contributed by atoms with Crippen LogP contribution in [0.5, 0.6) is 46.0 Å². The van der Waals surface area contributed by atoms with E-state index in [-0.39, 0.29) is 81.5 Å². The normalized spacial score (nSPS) is 17.3. The van der Waals surface area contributed by atoms with Crippen LogP contribution >= 0.6 is 0 Å². The number of hydrogen-bond acceptors (Lipinski definition) is 10. The minimum Gasteiger partial charge on any atom is -0.508 e. The summed E-state index contributed by atoms with van der Waals surface area (Å²) in [6, 6.07) is 16.3. The second-order valence-corrected chi connectivity index (χ2v) is 9.78. The van der Waals surface area contributed by atoms with Crippen molar-refractivity contribution in [2.45, 2.75) is 32.0 Å². The van der Waals surface area contributed by atoms with Gasteiger partial charge in [0.2, 0.25) is 0 Å². The van der Waals surface area contributed by atoms with E-state index in [0.717, 1.165) is 23.3 Å². The van der Waals surface area contributed by atoms with Crippen molar-refractivity contribution >= 4 is 11.6 Å². The van der Waals surface area contributed by atoms with Crippen molar-refractivity contribution in [2.24, 2.45) is 0 Å². The Hall–Kier alpha value is -5.38. The highest BCUT2D eigenvalue weighted by Crippen LogP contribution is 2.43. The van der Waals surface area contributed by atoms with Gasteiger partial charge in [-0.15, -0.1) is 0 Å². The Bertz CT molecular complexity index is 1660. The summed E-state index contributed by atoms with van der Waals surface area (Å²) in [7, 11) is 0. The average molecular weight is 559 g/mol. The number of ether oxygens (including phenoxy) is 2. The van der Waals surface area contributed by atoms with Gasteiger partial charge >= 0.3 is 0 Å². The Kier molecular flexibility index (Phi) is 7.06. The van der Waals surface area contributed by atoms with E-state index in [1.54, 1.807) is 37.3 Å². The predicted octanol–water partition coefficient (Wildman–Crippen LogP) is 5.33. The molecule has 6 rings (SSSR count). The van der Waals surface area contributed by atoms with Gasteiger partial charge in [0.25, 0.3) is 0 Å². The van der Waals surface area contributed by atoms with E-state index in [9.17, 15) is 40.2 Å². The van der Waals surface area contributed by atoms with Gasteiger partial charge < -0.3 is 40.1 Å². The van der Waals surface area contributed by atoms with Crippen LogP contribution in [-0.2, 0) is 0 Å². The standard InChI is InChI=1S/C16H14O5.C15H12O5/c1-8-2-3-9(4-11(8)18)14-7-13(20)16-12(19)5-10(17)6-15(16)21-14;16-9-3-1-8(2-4-9)13-7-12(19)15-11(18)5-10(17)6-14(15)20-13/h2-6,14,17-19H,7H2,1H3;1-6,13,16-18H,7H2. The highest BCUT2D eigenvalue weighted by molar-refractivity contribution is 6.03. The van der Waals surface area contributed by atoms with Gasteiger partial charge in [0.15, 0.2) is 11.6 Å². The maximum atomic E-state index is 12.2. The first-order chi connectivity index (χ1) is 19.5. The molecule has 4 aromatic rings. The van der Waals surface area contributed by atoms with Gasteiger partial charge in [-0.2, -0.15) is 0 Å². The molecule has 0 radical (unpaired) electrons. The quantitative estimate of drug-likeness (QED) is 0.189. The Morgan fingerprint density at radius 1 is 0.561 bits per heavy atom. The first-order valence-electron chi connectivity index (χ1n) is 12.6. The SMILES string of the molecule is Cc1ccc(C2CC(=O)c3c(O)cc(O)cc3O2)cc1O.O=C1CC(c2ccc(O)cc2)Oc2cc(O)cc(O)c21. The van der Waals surface area contributed by atoms with Crippen LogP contribution in [0.2, 0.25) is 0 Å². The number of carbonyl (C=O) groups is 2. The lowest BCUT2D eigenvalue weighted by atomic mass is 9.95. The van der Waals surface area contributed by atoms with Crippen molar-refractivity contribution in [2.75, 3.05) is 0 Å². The van der Waals surface area contributed by atoms with E-state index < -0.39 is 12.2 Å². The Morgan fingerprint density at radius 2 is 1.02 bits per heavy atom. The fourth-order valence-electron chi connectivity index (χ4n) is 4.74. The zero-order valence-electron chi connectivity index (χ0n) is 21.7. The molecule has 10 nitrogen and oxygen atoms in total. The summed E-state index contributed by atoms with van der Waals surface area (Å²) in [5.74, 6) is -0.854. The predicted molar refractivity (Wildman–Crippen MR) is 145 cm³/mol. The molecule has 0 aromatic heterocycles. The summed E-state index contributed by atoms with van der Waals surface area (Å²) in [6.07, 6.45) is -0.904. The van der Waals surface area contributed by atoms with E-state index in [4.69, 9.17) is 9.47 Å². The third-order valence-corrected chi connectivity index (χ3v) is 6.84. The number of benzene rings is 4. The van der Waals surface area contributed by atoms with Crippen LogP contribution in [0, 0.1) is 6.92 Å². The summed E-state index contributed by atoms with van der Waals surface area (Å²) in [5, 5.41) is 57.4. The molecular formula is C31H26O10. The molecule has 2 aliphatic rings. The van der Waals surface area contributed by atoms with Crippen molar-refractivity contribution in [1.82, 2.24) is 0 Å². The van der Waals surface area contributed by atoms with Crippen LogP contribution in [0.15, 0.2) is 66.7 Å². The minimum atomic E-state index is -0.558. The zero-order chi connectivity index (χ0) is 29.4. The fourth-order valence-corrected chi connectivity index (χ4v) is 4.74. The molecule has 0 saturated carbocycles. The van der Waals surface area contributed by atoms with E-state index in [2.05, 4.69) is 0 Å². The number of fused-ring (bicyclic) bond motifs is 2. The summed E-state index contributed by atoms with van der Waals surface area (Å²) in [4.78, 5) is 24.3. The van der Waals surface area contributed by atoms with Crippen LogP contribution < -0.4 is 9.47 Å². The molecule has 0 fully saturated rings. The monoisotopic (exact) mass is 558 g/mol. The molecule has 0 amide bonds. The van der Waals surface area contributed by atoms with Crippen molar-refractivity contribution < 1.29 is 49.7 Å². The smallest absolute Gasteiger partial charge is 0.174 e. The van der Waals surface area contributed by atoms with Gasteiger partial charge in [0.1, 0.15) is 69.3 Å². The molecule has 0 saturated heterocycles. The molecule has 0 bridgehead atoms. The first-order valence-corrected chi connectivity index (χ1v) is 12.6. The number of phenols is 6. The van der Waals surface area contributed by atoms with Gasteiger partial charge in [-0.1, -0.05) is 24.3 Å². The van der Waals surface area contributed by atoms with Gasteiger partial charge in [0, 0.05) is 24.3 Å². The number of hydrogen-bond donors (Lipinski definition) is 6. The third-order valence-electron chi connectivity index (χ3n) is 6.84. The fraction of sp³-hybridized carbons (Fsp3) is 0.161. The number of phenolic OH excluding ortho intramolecular Hbond substituents is 6. The van der Waals surface area contributed by atoms with Crippen molar-refractivity contribution in [1.29, 1.82) is 0 Å². The summed E-state index contributed by atoms with van der Waals surface area (Å²) in [5.41, 5.74) is 2.32. The van der Waals surface area contributed by atoms with Crippen molar-refractivity contribution in [3.05, 3.63) is 94.5 Å². The van der Waals surface area contributed by atoms with E-state index in [1.807, 2.05) is 0 Å². The Morgan fingerprint density at radius 3 is 1.51 bits per heavy atom. The van der Waals surface area contributed by atoms with E-state index in [0.29, 0.717) is 5.56 Å². The highest BCUT2D eigenvalue weighted by Gasteiger charge is 2.32. The van der Waals surface area contributed by atoms with E-state index in [1.165, 1.54) is 24.3 Å². The highest BCUT2D eigenvalue weighted by atomic mass is 16.5. The molecule has 41 heavy (non-hydrogen) atoms. The molecule has 0 aliphatic carbocycles. The summed E-state index contributed by atoms with van der Waals surface area (Å²) in [6.45, 7) is 1.78. The molecule has 2 unspecified atom stereocenters. The summed E-state index contributed by atoms with van der Waals surface area (Å²) >= 11 is 0. The molecule has 4 aromatic carbocycles. The maximum Gasteiger partial charge on any atom is 0.174 e. The molecule has 10 heteroatoms. The lowest BCUT2D eigenvalue weighted by molar-refractivity contribution is 0.0834. The maximum absolute atomic E-state index is 12.2. The zero-order valence-corrected chi connectivity index (χ0v) is 21.7. The van der Waals surface area contributed by atoms with Gasteiger partial charge in [-0.05, 0) is 41.8 Å². The largest absolute Gasteiger partial charge is 0.508 e. The topological polar surface area (TPSA) is 174 Å². The first kappa shape index (κ1) is 27.2. The lowest BCUT2D eigenvalue weighted by Crippen LogP contribution is -2.20. The third kappa shape index (κ3) is 5.53. The molecule has 210 valence electrons. The summed E-state index contributed by atoms with van der Waals surface area (Å²) < 4.78 is 11.4. The molecule has 2 aliphatic heterocycles. The minimum absolute atomic E-state index is 0.0633. The van der Waals surface area contributed by atoms with Crippen LogP contribution in [0.3, 0.4) is 0 Å². The van der Waals surface area contributed by atoms with Crippen LogP contribution in [0.1, 0.15) is 62.5 Å². The number of Topliss-reactive ketones (excluding diaryl/α,β-unsaturated/α-hetero) is 2. The number of carbonyl (C=O) groups excluding carboxylic acids is 2. The number of ketones is 2. The number of aromatic hydroxyl groups is 6. The Balaban J connectivity index is 0.000000165. The molecular weight excluding hydrogens is 532 g/mol. The Labute approximate surface area is 233 Å². The van der Waals surface area contributed by atoms with E-state index >= 15 is 0 Å². The molecule has 2 atom stereocenters. The molecule has 2 heterocycles. The number of rotatable bonds is 2. The van der Waals surface area contributed by atoms with Gasteiger partial charge in [0.05, 0.1) is 12.8 Å². The second-order valence-electron chi connectivity index (χ2n) is 9.78. The molecule has 0 spiro atoms. The van der Waals surface area contributed by atoms with Crippen LogP contribution in [0.4, 0.5) is 0 Å².